The molecule has 0 bridgehead atoms. The highest BCUT2D eigenvalue weighted by Crippen LogP contribution is 2.27. The van der Waals surface area contributed by atoms with E-state index < -0.39 is 0 Å². The largest absolute Gasteiger partial charge is 0.368 e. The Bertz CT molecular complexity index is 408. The molecule has 0 saturated carbocycles. The van der Waals surface area contributed by atoms with Crippen LogP contribution in [0.25, 0.3) is 0 Å². The molecule has 1 aromatic heterocycles. The Kier molecular flexibility index (Phi) is 3.90. The highest BCUT2D eigenvalue weighted by atomic mass is 32.2. The van der Waals surface area contributed by atoms with Gasteiger partial charge in [-0.05, 0) is 18.1 Å². The van der Waals surface area contributed by atoms with Gasteiger partial charge in [0, 0.05) is 24.1 Å². The Hall–Kier alpha value is -1.21. The zero-order valence-corrected chi connectivity index (χ0v) is 11.1. The van der Waals surface area contributed by atoms with Crippen molar-refractivity contribution in [3.05, 3.63) is 24.0 Å². The van der Waals surface area contributed by atoms with E-state index in [-0.39, 0.29) is 0 Å². The lowest BCUT2D eigenvalue weighted by molar-refractivity contribution is 0.582. The van der Waals surface area contributed by atoms with Gasteiger partial charge in [0.25, 0.3) is 0 Å². The van der Waals surface area contributed by atoms with Crippen molar-refractivity contribution in [2.75, 3.05) is 23.7 Å². The second kappa shape index (κ2) is 5.42. The minimum atomic E-state index is 0.487. The number of hydrogen-bond donors (Lipinski definition) is 0. The van der Waals surface area contributed by atoms with Gasteiger partial charge in [0.05, 0.1) is 11.9 Å². The van der Waals surface area contributed by atoms with Gasteiger partial charge in [0.15, 0.2) is 0 Å². The van der Waals surface area contributed by atoms with Crippen molar-refractivity contribution in [1.29, 1.82) is 5.26 Å². The van der Waals surface area contributed by atoms with Crippen LogP contribution in [0.1, 0.15) is 19.5 Å². The number of thioether (sulfide) groups is 1. The molecule has 0 unspecified atom stereocenters. The lowest BCUT2D eigenvalue weighted by Gasteiger charge is -2.35. The van der Waals surface area contributed by atoms with Crippen molar-refractivity contribution in [3.8, 4) is 6.07 Å². The van der Waals surface area contributed by atoms with Gasteiger partial charge in [-0.1, -0.05) is 13.8 Å². The van der Waals surface area contributed by atoms with Crippen LogP contribution in [0.3, 0.4) is 0 Å². The third kappa shape index (κ3) is 2.92. The minimum Gasteiger partial charge on any atom is -0.368 e. The Balaban J connectivity index is 2.08. The van der Waals surface area contributed by atoms with Crippen LogP contribution in [0.2, 0.25) is 0 Å². The summed E-state index contributed by atoms with van der Waals surface area (Å²) < 4.78 is 0. The molecule has 1 aliphatic rings. The molecule has 1 saturated heterocycles. The highest BCUT2D eigenvalue weighted by Gasteiger charge is 2.23. The van der Waals surface area contributed by atoms with E-state index in [1.807, 2.05) is 12.3 Å². The molecule has 2 rings (SSSR count). The summed E-state index contributed by atoms with van der Waals surface area (Å²) in [5.74, 6) is 1.87. The molecule has 1 aromatic rings. The summed E-state index contributed by atoms with van der Waals surface area (Å²) >= 11 is 2.06. The van der Waals surface area contributed by atoms with Crippen LogP contribution in [-0.4, -0.2) is 29.1 Å². The molecule has 1 atom stereocenters. The molecule has 0 aromatic carbocycles. The Morgan fingerprint density at radius 1 is 1.53 bits per heavy atom. The van der Waals surface area contributed by atoms with E-state index >= 15 is 0 Å². The fraction of sp³-hybridized carbons (Fsp3) is 0.538. The maximum Gasteiger partial charge on any atom is 0.140 e. The lowest BCUT2D eigenvalue weighted by Crippen LogP contribution is -2.40. The Morgan fingerprint density at radius 2 is 2.35 bits per heavy atom. The molecular formula is C13H17N3S. The fourth-order valence-electron chi connectivity index (χ4n) is 1.95. The molecular weight excluding hydrogens is 230 g/mol. The van der Waals surface area contributed by atoms with Gasteiger partial charge in [-0.15, -0.1) is 0 Å². The van der Waals surface area contributed by atoms with Gasteiger partial charge in [-0.25, -0.2) is 4.98 Å². The van der Waals surface area contributed by atoms with Crippen molar-refractivity contribution >= 4 is 17.4 Å². The molecule has 1 aliphatic heterocycles. The van der Waals surface area contributed by atoms with E-state index in [0.717, 1.165) is 18.8 Å². The summed E-state index contributed by atoms with van der Waals surface area (Å²) in [4.78, 5) is 6.50. The molecule has 1 fully saturated rings. The molecule has 17 heavy (non-hydrogen) atoms. The standard InChI is InChI=1S/C13H17N3S/c1-10(2)13-9-16(5-6-17-13)12-4-3-11(7-14)15-8-12/h3-4,8,10,13H,5-6,9H2,1-2H3/t13-/m1/s1. The SMILES string of the molecule is CC(C)[C@H]1CN(c2ccc(C#N)nc2)CCS1. The van der Waals surface area contributed by atoms with Crippen LogP contribution < -0.4 is 4.90 Å². The van der Waals surface area contributed by atoms with Crippen LogP contribution >= 0.6 is 11.8 Å². The van der Waals surface area contributed by atoms with Gasteiger partial charge < -0.3 is 4.90 Å². The zero-order valence-electron chi connectivity index (χ0n) is 10.3. The van der Waals surface area contributed by atoms with Crippen molar-refractivity contribution < 1.29 is 0 Å². The van der Waals surface area contributed by atoms with Crippen molar-refractivity contribution in [2.45, 2.75) is 19.1 Å². The predicted molar refractivity (Wildman–Crippen MR) is 72.2 cm³/mol. The molecule has 4 heteroatoms. The molecule has 0 aliphatic carbocycles. The second-order valence-corrected chi connectivity index (χ2v) is 5.96. The van der Waals surface area contributed by atoms with E-state index in [1.54, 1.807) is 6.07 Å². The van der Waals surface area contributed by atoms with Gasteiger partial charge in [0.1, 0.15) is 11.8 Å². The molecule has 0 N–H and O–H groups in total. The lowest BCUT2D eigenvalue weighted by atomic mass is 10.1. The topological polar surface area (TPSA) is 39.9 Å². The van der Waals surface area contributed by atoms with E-state index in [4.69, 9.17) is 5.26 Å². The summed E-state index contributed by atoms with van der Waals surface area (Å²) in [6, 6.07) is 5.84. The minimum absolute atomic E-state index is 0.487. The number of anilines is 1. The highest BCUT2D eigenvalue weighted by molar-refractivity contribution is 8.00. The summed E-state index contributed by atoms with van der Waals surface area (Å²) in [5.41, 5.74) is 1.62. The maximum atomic E-state index is 8.72. The predicted octanol–water partition coefficient (Wildman–Crippen LogP) is 2.53. The van der Waals surface area contributed by atoms with Crippen LogP contribution in [0.4, 0.5) is 5.69 Å². The monoisotopic (exact) mass is 247 g/mol. The smallest absolute Gasteiger partial charge is 0.140 e. The van der Waals surface area contributed by atoms with Crippen LogP contribution in [0.5, 0.6) is 0 Å². The van der Waals surface area contributed by atoms with Crippen LogP contribution in [-0.2, 0) is 0 Å². The van der Waals surface area contributed by atoms with Crippen LogP contribution in [0.15, 0.2) is 18.3 Å². The first kappa shape index (κ1) is 12.3. The average molecular weight is 247 g/mol. The number of pyridine rings is 1. The first-order valence-electron chi connectivity index (χ1n) is 5.93. The summed E-state index contributed by atoms with van der Waals surface area (Å²) in [6.45, 7) is 6.70. The van der Waals surface area contributed by atoms with Gasteiger partial charge >= 0.3 is 0 Å². The average Bonchev–Trinajstić information content (AvgIpc) is 2.39. The van der Waals surface area contributed by atoms with Gasteiger partial charge in [-0.3, -0.25) is 0 Å². The Labute approximate surface area is 107 Å². The van der Waals surface area contributed by atoms with E-state index in [9.17, 15) is 0 Å². The third-order valence-corrected chi connectivity index (χ3v) is 4.60. The normalized spacial score (nSPS) is 20.4. The quantitative estimate of drug-likeness (QED) is 0.805. The first-order valence-corrected chi connectivity index (χ1v) is 6.98. The third-order valence-electron chi connectivity index (χ3n) is 3.06. The first-order chi connectivity index (χ1) is 8.20. The molecule has 90 valence electrons. The number of rotatable bonds is 2. The number of nitriles is 1. The zero-order chi connectivity index (χ0) is 12.3. The van der Waals surface area contributed by atoms with E-state index in [2.05, 4.69) is 41.6 Å². The number of hydrogen-bond acceptors (Lipinski definition) is 4. The number of aromatic nitrogens is 1. The molecule has 0 spiro atoms. The molecule has 2 heterocycles. The van der Waals surface area contributed by atoms with E-state index in [0.29, 0.717) is 16.9 Å². The molecule has 0 radical (unpaired) electrons. The van der Waals surface area contributed by atoms with Gasteiger partial charge in [0.2, 0.25) is 0 Å². The fourth-order valence-corrected chi connectivity index (χ4v) is 3.25. The van der Waals surface area contributed by atoms with Gasteiger partial charge in [-0.2, -0.15) is 17.0 Å². The summed E-state index contributed by atoms with van der Waals surface area (Å²) in [5, 5.41) is 9.42. The molecule has 0 amide bonds. The summed E-state index contributed by atoms with van der Waals surface area (Å²) in [7, 11) is 0. The van der Waals surface area contributed by atoms with E-state index in [1.165, 1.54) is 5.75 Å². The van der Waals surface area contributed by atoms with Crippen molar-refractivity contribution in [2.24, 2.45) is 5.92 Å². The Morgan fingerprint density at radius 3 is 2.94 bits per heavy atom. The van der Waals surface area contributed by atoms with Crippen molar-refractivity contribution in [1.82, 2.24) is 4.98 Å². The van der Waals surface area contributed by atoms with Crippen molar-refractivity contribution in [3.63, 3.8) is 0 Å². The number of nitrogens with zero attached hydrogens (tertiary/aromatic N) is 3. The molecule has 3 nitrogen and oxygen atoms in total. The maximum absolute atomic E-state index is 8.72. The second-order valence-electron chi connectivity index (χ2n) is 4.61. The summed E-state index contributed by atoms with van der Waals surface area (Å²) in [6.07, 6.45) is 1.81. The van der Waals surface area contributed by atoms with Crippen LogP contribution in [0, 0.1) is 17.2 Å².